The molecule has 7 heteroatoms. The van der Waals surface area contributed by atoms with Gasteiger partial charge in [-0.15, -0.1) is 0 Å². The van der Waals surface area contributed by atoms with Crippen LogP contribution >= 0.6 is 0 Å². The molecule has 22 heavy (non-hydrogen) atoms. The molecule has 118 valence electrons. The maximum absolute atomic E-state index is 13.5. The number of benzene rings is 2. The number of sulfonamides is 1. The molecule has 0 aliphatic rings. The summed E-state index contributed by atoms with van der Waals surface area (Å²) in [5.41, 5.74) is 1.04. The van der Waals surface area contributed by atoms with Crippen molar-refractivity contribution < 1.29 is 21.6 Å². The smallest absolute Gasteiger partial charge is 0.211 e. The molecule has 2 aromatic rings. The van der Waals surface area contributed by atoms with Crippen LogP contribution in [0.4, 0.5) is 13.2 Å². The number of aryl methyl sites for hydroxylation is 1. The van der Waals surface area contributed by atoms with E-state index in [1.54, 1.807) is 0 Å². The van der Waals surface area contributed by atoms with E-state index in [2.05, 4.69) is 4.72 Å². The lowest BCUT2D eigenvalue weighted by Crippen LogP contribution is -2.26. The average Bonchev–Trinajstić information content (AvgIpc) is 2.50. The second-order valence-electron chi connectivity index (χ2n) is 4.66. The van der Waals surface area contributed by atoms with E-state index in [9.17, 15) is 21.6 Å². The maximum atomic E-state index is 13.5. The zero-order chi connectivity index (χ0) is 16.2. The number of nitrogens with one attached hydrogen (secondary N) is 1. The third kappa shape index (κ3) is 3.86. The molecule has 0 spiro atoms. The van der Waals surface area contributed by atoms with Crippen LogP contribution in [0.1, 0.15) is 12.0 Å². The second kappa shape index (κ2) is 6.93. The van der Waals surface area contributed by atoms with E-state index in [-0.39, 0.29) is 6.54 Å². The van der Waals surface area contributed by atoms with Gasteiger partial charge < -0.3 is 0 Å². The molecule has 0 bridgehead atoms. The second-order valence-corrected chi connectivity index (χ2v) is 6.40. The van der Waals surface area contributed by atoms with Gasteiger partial charge in [-0.3, -0.25) is 0 Å². The van der Waals surface area contributed by atoms with Gasteiger partial charge in [-0.1, -0.05) is 30.3 Å². The highest BCUT2D eigenvalue weighted by atomic mass is 32.2. The number of halogens is 3. The normalized spacial score (nSPS) is 11.6. The molecule has 0 amide bonds. The van der Waals surface area contributed by atoms with Gasteiger partial charge in [0.1, 0.15) is 4.90 Å². The van der Waals surface area contributed by atoms with Crippen molar-refractivity contribution in [2.24, 2.45) is 0 Å². The first kappa shape index (κ1) is 16.5. The Kier molecular flexibility index (Phi) is 5.20. The topological polar surface area (TPSA) is 46.2 Å². The molecule has 2 aromatic carbocycles. The van der Waals surface area contributed by atoms with Crippen molar-refractivity contribution in [1.29, 1.82) is 0 Å². The van der Waals surface area contributed by atoms with E-state index >= 15 is 0 Å². The van der Waals surface area contributed by atoms with Crippen molar-refractivity contribution in [3.8, 4) is 0 Å². The Morgan fingerprint density at radius 3 is 2.27 bits per heavy atom. The molecule has 0 aliphatic carbocycles. The molecule has 0 heterocycles. The number of hydrogen-bond acceptors (Lipinski definition) is 2. The summed E-state index contributed by atoms with van der Waals surface area (Å²) < 4.78 is 65.4. The Balaban J connectivity index is 1.99. The molecular formula is C15H14F3NO2S. The van der Waals surface area contributed by atoms with Crippen LogP contribution < -0.4 is 4.72 Å². The molecule has 0 unspecified atom stereocenters. The summed E-state index contributed by atoms with van der Waals surface area (Å²) in [6.45, 7) is 0.0651. The minimum absolute atomic E-state index is 0.0651. The predicted molar refractivity (Wildman–Crippen MR) is 76.3 cm³/mol. The van der Waals surface area contributed by atoms with Crippen LogP contribution in [0.3, 0.4) is 0 Å². The summed E-state index contributed by atoms with van der Waals surface area (Å²) in [4.78, 5) is -0.897. The fourth-order valence-corrected chi connectivity index (χ4v) is 3.08. The summed E-state index contributed by atoms with van der Waals surface area (Å²) in [6, 6.07) is 10.7. The van der Waals surface area contributed by atoms with E-state index in [0.717, 1.165) is 5.56 Å². The third-order valence-corrected chi connectivity index (χ3v) is 4.54. The average molecular weight is 329 g/mol. The monoisotopic (exact) mass is 329 g/mol. The molecule has 0 saturated heterocycles. The van der Waals surface area contributed by atoms with Crippen molar-refractivity contribution in [3.63, 3.8) is 0 Å². The van der Waals surface area contributed by atoms with Crippen LogP contribution in [0.5, 0.6) is 0 Å². The first-order valence-corrected chi connectivity index (χ1v) is 8.07. The highest BCUT2D eigenvalue weighted by Crippen LogP contribution is 2.19. The van der Waals surface area contributed by atoms with Crippen LogP contribution in [-0.2, 0) is 16.4 Å². The lowest BCUT2D eigenvalue weighted by atomic mass is 10.1. The molecule has 1 N–H and O–H groups in total. The van der Waals surface area contributed by atoms with E-state index in [4.69, 9.17) is 0 Å². The van der Waals surface area contributed by atoms with Gasteiger partial charge in [0, 0.05) is 6.54 Å². The van der Waals surface area contributed by atoms with Gasteiger partial charge >= 0.3 is 0 Å². The minimum atomic E-state index is -4.22. The van der Waals surface area contributed by atoms with Crippen LogP contribution in [0.25, 0.3) is 0 Å². The Bertz CT molecular complexity index is 749. The highest BCUT2D eigenvalue weighted by Gasteiger charge is 2.23. The number of rotatable bonds is 6. The Labute approximate surface area is 126 Å². The van der Waals surface area contributed by atoms with Gasteiger partial charge in [0.05, 0.1) is 0 Å². The van der Waals surface area contributed by atoms with E-state index in [1.807, 2.05) is 30.3 Å². The Morgan fingerprint density at radius 2 is 1.59 bits per heavy atom. The molecule has 0 saturated carbocycles. The van der Waals surface area contributed by atoms with E-state index in [1.165, 1.54) is 0 Å². The lowest BCUT2D eigenvalue weighted by Gasteiger charge is -2.08. The van der Waals surface area contributed by atoms with Crippen LogP contribution in [0.2, 0.25) is 0 Å². The van der Waals surface area contributed by atoms with Crippen molar-refractivity contribution in [3.05, 3.63) is 65.5 Å². The molecule has 0 fully saturated rings. The first-order valence-electron chi connectivity index (χ1n) is 6.59. The van der Waals surface area contributed by atoms with E-state index in [0.29, 0.717) is 25.0 Å². The zero-order valence-corrected chi connectivity index (χ0v) is 12.3. The van der Waals surface area contributed by atoms with Gasteiger partial charge in [-0.25, -0.2) is 26.3 Å². The summed E-state index contributed by atoms with van der Waals surface area (Å²) in [5.74, 6) is -4.94. The SMILES string of the molecule is O=S(=O)(NCCCc1ccccc1)c1ccc(F)c(F)c1F. The van der Waals surface area contributed by atoms with Gasteiger partial charge in [-0.2, -0.15) is 0 Å². The lowest BCUT2D eigenvalue weighted by molar-refractivity contribution is 0.431. The molecule has 0 atom stereocenters. The van der Waals surface area contributed by atoms with Crippen LogP contribution in [-0.4, -0.2) is 15.0 Å². The van der Waals surface area contributed by atoms with Crippen molar-refractivity contribution in [2.45, 2.75) is 17.7 Å². The summed E-state index contributed by atoms with van der Waals surface area (Å²) in [6.07, 6.45) is 1.14. The van der Waals surface area contributed by atoms with Gasteiger partial charge in [0.15, 0.2) is 17.5 Å². The maximum Gasteiger partial charge on any atom is 0.243 e. The molecule has 0 radical (unpaired) electrons. The van der Waals surface area contributed by atoms with Crippen molar-refractivity contribution in [1.82, 2.24) is 4.72 Å². The van der Waals surface area contributed by atoms with Crippen LogP contribution in [0.15, 0.2) is 47.4 Å². The molecular weight excluding hydrogens is 315 g/mol. The summed E-state index contributed by atoms with van der Waals surface area (Å²) in [5, 5.41) is 0. The van der Waals surface area contributed by atoms with Crippen LogP contribution in [0, 0.1) is 17.5 Å². The van der Waals surface area contributed by atoms with Crippen molar-refractivity contribution in [2.75, 3.05) is 6.54 Å². The van der Waals surface area contributed by atoms with Crippen molar-refractivity contribution >= 4 is 10.0 Å². The first-order chi connectivity index (χ1) is 10.4. The van der Waals surface area contributed by atoms with Gasteiger partial charge in [-0.05, 0) is 30.5 Å². The summed E-state index contributed by atoms with van der Waals surface area (Å²) in [7, 11) is -4.22. The number of hydrogen-bond donors (Lipinski definition) is 1. The molecule has 3 nitrogen and oxygen atoms in total. The summed E-state index contributed by atoms with van der Waals surface area (Å²) >= 11 is 0. The Morgan fingerprint density at radius 1 is 0.909 bits per heavy atom. The fraction of sp³-hybridized carbons (Fsp3) is 0.200. The van der Waals surface area contributed by atoms with Gasteiger partial charge in [0.25, 0.3) is 0 Å². The minimum Gasteiger partial charge on any atom is -0.211 e. The predicted octanol–water partition coefficient (Wildman–Crippen LogP) is 3.02. The largest absolute Gasteiger partial charge is 0.243 e. The quantitative estimate of drug-likeness (QED) is 0.654. The third-order valence-electron chi connectivity index (χ3n) is 3.07. The standard InChI is InChI=1S/C15H14F3NO2S/c16-12-8-9-13(15(18)14(12)17)22(20,21)19-10-4-7-11-5-2-1-3-6-11/h1-3,5-6,8-9,19H,4,7,10H2. The molecule has 0 aromatic heterocycles. The molecule has 0 aliphatic heterocycles. The zero-order valence-electron chi connectivity index (χ0n) is 11.5. The molecule has 2 rings (SSSR count). The fourth-order valence-electron chi connectivity index (χ4n) is 1.94. The Hall–Kier alpha value is -1.86. The van der Waals surface area contributed by atoms with E-state index < -0.39 is 32.4 Å². The highest BCUT2D eigenvalue weighted by molar-refractivity contribution is 7.89. The van der Waals surface area contributed by atoms with Gasteiger partial charge in [0.2, 0.25) is 10.0 Å².